The second kappa shape index (κ2) is 9.93. The first-order valence-electron chi connectivity index (χ1n) is 13.3. The summed E-state index contributed by atoms with van der Waals surface area (Å²) in [4.78, 5) is 9.86. The van der Waals surface area contributed by atoms with Gasteiger partial charge in [0, 0.05) is 34.7 Å². The summed E-state index contributed by atoms with van der Waals surface area (Å²) in [5, 5.41) is 22.1. The van der Waals surface area contributed by atoms with Crippen molar-refractivity contribution in [3.63, 3.8) is 0 Å². The van der Waals surface area contributed by atoms with E-state index in [-0.39, 0.29) is 27.7 Å². The Hall–Kier alpha value is -2.62. The van der Waals surface area contributed by atoms with E-state index in [1.165, 1.54) is 0 Å². The molecule has 2 aromatic carbocycles. The first-order chi connectivity index (χ1) is 16.5. The molecule has 0 saturated carbocycles. The number of benzene rings is 2. The number of hydrogen-bond acceptors (Lipinski definition) is 4. The topological polar surface area (TPSA) is 65.2 Å². The summed E-state index contributed by atoms with van der Waals surface area (Å²) >= 11 is 0. The molecule has 0 spiro atoms. The highest BCUT2D eigenvalue weighted by atomic mass is 16.3. The Kier molecular flexibility index (Phi) is 8.21. The fourth-order valence-electron chi connectivity index (χ4n) is 4.01. The number of aryl methyl sites for hydroxylation is 1. The fraction of sp³-hybridized carbons (Fsp3) is 0.576. The minimum Gasteiger partial charge on any atom is -0.507 e. The minimum absolute atomic E-state index is 0.0584. The van der Waals surface area contributed by atoms with Crippen LogP contribution in [0, 0.1) is 6.92 Å². The molecule has 4 heteroatoms. The highest BCUT2D eigenvalue weighted by Crippen LogP contribution is 2.38. The van der Waals surface area contributed by atoms with Crippen LogP contribution in [0.5, 0.6) is 11.5 Å². The molecule has 0 aliphatic carbocycles. The SMILES string of the molecule is Cc1cc(C=NC(C)(C)C(C)(C)N=Cc2cc(C(C)(C)C)cc(C(C)(C)C)c2O)c(O)c(C(C)(C)C)c1. The van der Waals surface area contributed by atoms with Crippen molar-refractivity contribution < 1.29 is 10.2 Å². The first kappa shape index (κ1) is 30.6. The van der Waals surface area contributed by atoms with E-state index in [2.05, 4.69) is 68.4 Å². The Morgan fingerprint density at radius 2 is 0.919 bits per heavy atom. The van der Waals surface area contributed by atoms with Crippen LogP contribution in [0.15, 0.2) is 34.3 Å². The number of phenols is 2. The maximum atomic E-state index is 11.2. The molecule has 0 heterocycles. The van der Waals surface area contributed by atoms with E-state index in [9.17, 15) is 10.2 Å². The van der Waals surface area contributed by atoms with E-state index in [0.29, 0.717) is 5.56 Å². The lowest BCUT2D eigenvalue weighted by Crippen LogP contribution is -2.42. The number of phenolic OH excluding ortho intramolecular Hbond substituents is 2. The second-order valence-corrected chi connectivity index (χ2v) is 14.6. The van der Waals surface area contributed by atoms with Crippen LogP contribution in [0.4, 0.5) is 0 Å². The van der Waals surface area contributed by atoms with E-state index >= 15 is 0 Å². The summed E-state index contributed by atoms with van der Waals surface area (Å²) in [5.74, 6) is 0.554. The fourth-order valence-corrected chi connectivity index (χ4v) is 4.01. The molecule has 0 aromatic heterocycles. The standard InChI is InChI=1S/C33H50N2O2/c1-21-15-22(27(36)25(16-21)30(5,6)7)19-34-32(11,12)33(13,14)35-20-23-17-24(29(2,3)4)18-26(28(23)37)31(8,9)10/h15-20,36-37H,1-14H3. The number of nitrogens with zero attached hydrogens (tertiary/aromatic N) is 2. The lowest BCUT2D eigenvalue weighted by atomic mass is 9.79. The molecule has 204 valence electrons. The Morgan fingerprint density at radius 3 is 1.30 bits per heavy atom. The Morgan fingerprint density at radius 1 is 0.541 bits per heavy atom. The van der Waals surface area contributed by atoms with Gasteiger partial charge in [-0.3, -0.25) is 9.98 Å². The van der Waals surface area contributed by atoms with Gasteiger partial charge < -0.3 is 10.2 Å². The molecule has 2 rings (SSSR count). The van der Waals surface area contributed by atoms with Gasteiger partial charge in [-0.15, -0.1) is 0 Å². The Balaban J connectivity index is 2.52. The van der Waals surface area contributed by atoms with E-state index in [1.807, 2.05) is 52.8 Å². The predicted molar refractivity (Wildman–Crippen MR) is 160 cm³/mol. The molecular formula is C33H50N2O2. The van der Waals surface area contributed by atoms with E-state index < -0.39 is 11.1 Å². The first-order valence-corrected chi connectivity index (χ1v) is 13.3. The van der Waals surface area contributed by atoms with E-state index in [4.69, 9.17) is 9.98 Å². The second-order valence-electron chi connectivity index (χ2n) is 14.6. The quantitative estimate of drug-likeness (QED) is 0.400. The Labute approximate surface area is 226 Å². The zero-order valence-electron chi connectivity index (χ0n) is 25.8. The average molecular weight is 507 g/mol. The molecule has 0 unspecified atom stereocenters. The molecule has 0 fully saturated rings. The third kappa shape index (κ3) is 7.03. The van der Waals surface area contributed by atoms with Crippen molar-refractivity contribution in [2.75, 3.05) is 0 Å². The zero-order chi connectivity index (χ0) is 28.8. The van der Waals surface area contributed by atoms with Crippen LogP contribution in [0.3, 0.4) is 0 Å². The molecule has 0 aliphatic rings. The molecule has 0 saturated heterocycles. The molecular weight excluding hydrogens is 456 g/mol. The van der Waals surface area contributed by atoms with Crippen molar-refractivity contribution >= 4 is 12.4 Å². The summed E-state index contributed by atoms with van der Waals surface area (Å²) in [7, 11) is 0. The minimum atomic E-state index is -0.581. The summed E-state index contributed by atoms with van der Waals surface area (Å²) < 4.78 is 0. The van der Waals surface area contributed by atoms with Crippen LogP contribution in [0.2, 0.25) is 0 Å². The number of aromatic hydroxyl groups is 2. The summed E-state index contributed by atoms with van der Waals surface area (Å²) in [5.41, 5.74) is 3.92. The van der Waals surface area contributed by atoms with Crippen molar-refractivity contribution in [2.24, 2.45) is 9.98 Å². The van der Waals surface area contributed by atoms with Crippen LogP contribution < -0.4 is 0 Å². The van der Waals surface area contributed by atoms with Gasteiger partial charge in [0.05, 0.1) is 11.1 Å². The molecule has 4 nitrogen and oxygen atoms in total. The molecule has 2 aromatic rings. The highest BCUT2D eigenvalue weighted by Gasteiger charge is 2.36. The van der Waals surface area contributed by atoms with Gasteiger partial charge in [-0.2, -0.15) is 0 Å². The normalized spacial score (nSPS) is 14.2. The van der Waals surface area contributed by atoms with Gasteiger partial charge in [-0.25, -0.2) is 0 Å². The summed E-state index contributed by atoms with van der Waals surface area (Å²) in [6.07, 6.45) is 3.56. The number of hydrogen-bond donors (Lipinski definition) is 2. The predicted octanol–water partition coefficient (Wildman–Crippen LogP) is 8.39. The van der Waals surface area contributed by atoms with Crippen molar-refractivity contribution in [3.8, 4) is 11.5 Å². The largest absolute Gasteiger partial charge is 0.507 e. The van der Waals surface area contributed by atoms with Crippen molar-refractivity contribution in [2.45, 2.75) is 124 Å². The monoisotopic (exact) mass is 506 g/mol. The van der Waals surface area contributed by atoms with Crippen molar-refractivity contribution in [3.05, 3.63) is 57.6 Å². The van der Waals surface area contributed by atoms with E-state index in [0.717, 1.165) is 27.8 Å². The Bertz CT molecular complexity index is 1190. The molecule has 2 N–H and O–H groups in total. The van der Waals surface area contributed by atoms with Gasteiger partial charge in [0.1, 0.15) is 11.5 Å². The van der Waals surface area contributed by atoms with Crippen LogP contribution >= 0.6 is 0 Å². The maximum Gasteiger partial charge on any atom is 0.128 e. The molecule has 0 bridgehead atoms. The summed E-state index contributed by atoms with van der Waals surface area (Å²) in [6, 6.07) is 8.16. The van der Waals surface area contributed by atoms with Crippen molar-refractivity contribution in [1.82, 2.24) is 0 Å². The zero-order valence-corrected chi connectivity index (χ0v) is 25.8. The van der Waals surface area contributed by atoms with Gasteiger partial charge in [0.25, 0.3) is 0 Å². The van der Waals surface area contributed by atoms with Crippen molar-refractivity contribution in [1.29, 1.82) is 0 Å². The smallest absolute Gasteiger partial charge is 0.128 e. The number of aliphatic imine (C=N–C) groups is 2. The molecule has 37 heavy (non-hydrogen) atoms. The number of rotatable bonds is 5. The van der Waals surface area contributed by atoms with Crippen LogP contribution in [0.1, 0.15) is 123 Å². The van der Waals surface area contributed by atoms with Gasteiger partial charge in [0.2, 0.25) is 0 Å². The van der Waals surface area contributed by atoms with Gasteiger partial charge in [-0.1, -0.05) is 74.4 Å². The van der Waals surface area contributed by atoms with Gasteiger partial charge >= 0.3 is 0 Å². The lowest BCUT2D eigenvalue weighted by Gasteiger charge is -2.35. The van der Waals surface area contributed by atoms with Crippen LogP contribution in [-0.4, -0.2) is 33.7 Å². The maximum absolute atomic E-state index is 11.2. The average Bonchev–Trinajstić information content (AvgIpc) is 2.70. The molecule has 0 aliphatic heterocycles. The molecule has 0 amide bonds. The lowest BCUT2D eigenvalue weighted by molar-refractivity contribution is 0.317. The molecule has 0 atom stereocenters. The third-order valence-corrected chi connectivity index (χ3v) is 7.46. The van der Waals surface area contributed by atoms with Gasteiger partial charge in [-0.05, 0) is 74.1 Å². The van der Waals surface area contributed by atoms with Crippen LogP contribution in [-0.2, 0) is 16.2 Å². The highest BCUT2D eigenvalue weighted by molar-refractivity contribution is 5.86. The van der Waals surface area contributed by atoms with Gasteiger partial charge in [0.15, 0.2) is 0 Å². The summed E-state index contributed by atoms with van der Waals surface area (Å²) in [6.45, 7) is 29.4. The van der Waals surface area contributed by atoms with Crippen LogP contribution in [0.25, 0.3) is 0 Å². The van der Waals surface area contributed by atoms with E-state index in [1.54, 1.807) is 12.4 Å². The molecule has 0 radical (unpaired) electrons. The third-order valence-electron chi connectivity index (χ3n) is 7.46.